The molecule has 2 fully saturated rings. The van der Waals surface area contributed by atoms with E-state index in [4.69, 9.17) is 9.51 Å². The molecule has 0 atom stereocenters. The Hall–Kier alpha value is -2.68. The molecule has 4 heterocycles. The lowest BCUT2D eigenvalue weighted by atomic mass is 10.2. The van der Waals surface area contributed by atoms with Gasteiger partial charge in [0, 0.05) is 30.5 Å². The van der Waals surface area contributed by atoms with Crippen molar-refractivity contribution in [2.45, 2.75) is 18.8 Å². The van der Waals surface area contributed by atoms with E-state index in [0.717, 1.165) is 43.0 Å². The Morgan fingerprint density at radius 3 is 2.82 bits per heavy atom. The minimum atomic E-state index is -0.272. The second kappa shape index (κ2) is 6.16. The van der Waals surface area contributed by atoms with Crippen molar-refractivity contribution in [1.82, 2.24) is 24.5 Å². The first-order valence-electron chi connectivity index (χ1n) is 9.41. The first kappa shape index (κ1) is 16.3. The largest absolute Gasteiger partial charge is 0.354 e. The van der Waals surface area contributed by atoms with Crippen LogP contribution in [0.3, 0.4) is 0 Å². The van der Waals surface area contributed by atoms with E-state index in [-0.39, 0.29) is 5.82 Å². The van der Waals surface area contributed by atoms with E-state index in [2.05, 4.69) is 20.0 Å². The average Bonchev–Trinajstić information content (AvgIpc) is 3.30. The highest BCUT2D eigenvalue weighted by atomic mass is 32.2. The van der Waals surface area contributed by atoms with Crippen LogP contribution in [0.4, 0.5) is 10.2 Å². The van der Waals surface area contributed by atoms with Crippen molar-refractivity contribution in [2.24, 2.45) is 0 Å². The van der Waals surface area contributed by atoms with Gasteiger partial charge in [-0.25, -0.2) is 14.4 Å². The van der Waals surface area contributed by atoms with Crippen LogP contribution in [0, 0.1) is 5.82 Å². The molecule has 0 unspecified atom stereocenters. The van der Waals surface area contributed by atoms with Gasteiger partial charge in [0.1, 0.15) is 18.0 Å². The summed E-state index contributed by atoms with van der Waals surface area (Å²) in [5.74, 6) is 3.87. The van der Waals surface area contributed by atoms with Crippen LogP contribution < -0.4 is 4.90 Å². The Morgan fingerprint density at radius 1 is 1.14 bits per heavy atom. The number of nitrogens with zero attached hydrogens (tertiary/aromatic N) is 6. The number of hydrogen-bond acceptors (Lipinski definition) is 7. The summed E-state index contributed by atoms with van der Waals surface area (Å²) in [5, 5.41) is 4.64. The number of thioether (sulfide) groups is 1. The van der Waals surface area contributed by atoms with Gasteiger partial charge in [-0.05, 0) is 25.0 Å². The molecule has 0 N–H and O–H groups in total. The second-order valence-electron chi connectivity index (χ2n) is 7.19. The minimum Gasteiger partial charge on any atom is -0.354 e. The number of hydrogen-bond donors (Lipinski definition) is 0. The van der Waals surface area contributed by atoms with Crippen molar-refractivity contribution in [3.63, 3.8) is 0 Å². The van der Waals surface area contributed by atoms with E-state index >= 15 is 0 Å². The van der Waals surface area contributed by atoms with E-state index < -0.39 is 0 Å². The Labute approximate surface area is 164 Å². The minimum absolute atomic E-state index is 0.272. The van der Waals surface area contributed by atoms with Crippen LogP contribution in [-0.2, 0) is 0 Å². The highest BCUT2D eigenvalue weighted by Crippen LogP contribution is 2.40. The lowest BCUT2D eigenvalue weighted by molar-refractivity contribution is 0.380. The summed E-state index contributed by atoms with van der Waals surface area (Å²) in [6.07, 6.45) is 3.83. The number of imidazole rings is 1. The van der Waals surface area contributed by atoms with Crippen LogP contribution in [0.5, 0.6) is 0 Å². The molecule has 6 rings (SSSR count). The van der Waals surface area contributed by atoms with Crippen LogP contribution in [0.1, 0.15) is 24.7 Å². The SMILES string of the molecule is Fc1cccc2c1c(N1CCSCC1)nc1c(-c3noc(C4CC4)n3)ncn12. The molecule has 0 radical (unpaired) electrons. The van der Waals surface area contributed by atoms with Crippen molar-refractivity contribution in [1.29, 1.82) is 0 Å². The highest BCUT2D eigenvalue weighted by Gasteiger charge is 2.31. The van der Waals surface area contributed by atoms with E-state index in [1.54, 1.807) is 12.4 Å². The third kappa shape index (κ3) is 2.49. The summed E-state index contributed by atoms with van der Waals surface area (Å²) in [5.41, 5.74) is 1.92. The normalized spacial score (nSPS) is 17.7. The zero-order valence-corrected chi connectivity index (χ0v) is 15.8. The van der Waals surface area contributed by atoms with E-state index in [1.165, 1.54) is 6.07 Å². The molecular formula is C19H17FN6OS. The zero-order valence-electron chi connectivity index (χ0n) is 15.0. The number of fused-ring (bicyclic) bond motifs is 3. The lowest BCUT2D eigenvalue weighted by Gasteiger charge is -2.28. The number of halogens is 1. The average molecular weight is 396 g/mol. The third-order valence-electron chi connectivity index (χ3n) is 5.32. The predicted molar refractivity (Wildman–Crippen MR) is 105 cm³/mol. The maximum absolute atomic E-state index is 14.8. The smallest absolute Gasteiger partial charge is 0.230 e. The van der Waals surface area contributed by atoms with Crippen molar-refractivity contribution in [3.8, 4) is 11.5 Å². The maximum atomic E-state index is 14.8. The van der Waals surface area contributed by atoms with E-state index in [9.17, 15) is 4.39 Å². The van der Waals surface area contributed by atoms with Gasteiger partial charge in [0.15, 0.2) is 11.3 Å². The molecule has 4 aromatic rings. The second-order valence-corrected chi connectivity index (χ2v) is 8.41. The Balaban J connectivity index is 1.59. The molecular weight excluding hydrogens is 379 g/mol. The van der Waals surface area contributed by atoms with Gasteiger partial charge in [-0.1, -0.05) is 11.2 Å². The van der Waals surface area contributed by atoms with Gasteiger partial charge in [0.05, 0.1) is 10.9 Å². The summed E-state index contributed by atoms with van der Waals surface area (Å²) < 4.78 is 22.0. The summed E-state index contributed by atoms with van der Waals surface area (Å²) in [6, 6.07) is 5.09. The molecule has 1 saturated heterocycles. The monoisotopic (exact) mass is 396 g/mol. The zero-order chi connectivity index (χ0) is 18.7. The summed E-state index contributed by atoms with van der Waals surface area (Å²) in [4.78, 5) is 16.0. The van der Waals surface area contributed by atoms with Crippen LogP contribution in [0.25, 0.3) is 28.1 Å². The van der Waals surface area contributed by atoms with Gasteiger partial charge in [0.2, 0.25) is 11.7 Å². The van der Waals surface area contributed by atoms with E-state index in [1.807, 2.05) is 22.2 Å². The molecule has 1 aromatic carbocycles. The molecule has 1 saturated carbocycles. The molecule has 2 aliphatic rings. The fourth-order valence-electron chi connectivity index (χ4n) is 3.71. The summed E-state index contributed by atoms with van der Waals surface area (Å²) in [7, 11) is 0. The van der Waals surface area contributed by atoms with Crippen LogP contribution in [0.15, 0.2) is 29.0 Å². The topological polar surface area (TPSA) is 72.3 Å². The highest BCUT2D eigenvalue weighted by molar-refractivity contribution is 7.99. The standard InChI is InChI=1S/C19H17FN6OS/c20-12-2-1-3-13-14(12)17(25-6-8-28-9-7-25)23-18-15(21-10-26(13)18)16-22-19(27-24-16)11-4-5-11/h1-3,10-11H,4-9H2. The third-order valence-corrected chi connectivity index (χ3v) is 6.26. The van der Waals surface area contributed by atoms with Gasteiger partial charge < -0.3 is 9.42 Å². The Morgan fingerprint density at radius 2 is 2.00 bits per heavy atom. The van der Waals surface area contributed by atoms with Crippen molar-refractivity contribution in [2.75, 3.05) is 29.5 Å². The molecule has 28 heavy (non-hydrogen) atoms. The molecule has 9 heteroatoms. The summed E-state index contributed by atoms with van der Waals surface area (Å²) in [6.45, 7) is 1.68. The number of rotatable bonds is 3. The van der Waals surface area contributed by atoms with Crippen LogP contribution >= 0.6 is 11.8 Å². The molecule has 0 amide bonds. The summed E-state index contributed by atoms with van der Waals surface area (Å²) >= 11 is 1.91. The van der Waals surface area contributed by atoms with Gasteiger partial charge >= 0.3 is 0 Å². The van der Waals surface area contributed by atoms with E-state index in [0.29, 0.717) is 40.2 Å². The fraction of sp³-hybridized carbons (Fsp3) is 0.368. The molecule has 7 nitrogen and oxygen atoms in total. The first-order valence-corrected chi connectivity index (χ1v) is 10.6. The number of anilines is 1. The predicted octanol–water partition coefficient (Wildman–Crippen LogP) is 3.50. The van der Waals surface area contributed by atoms with Gasteiger partial charge in [-0.15, -0.1) is 0 Å². The Bertz CT molecular complexity index is 1190. The fourth-order valence-corrected chi connectivity index (χ4v) is 4.61. The molecule has 1 aliphatic carbocycles. The molecule has 3 aromatic heterocycles. The number of aromatic nitrogens is 5. The maximum Gasteiger partial charge on any atom is 0.230 e. The van der Waals surface area contributed by atoms with Crippen molar-refractivity contribution in [3.05, 3.63) is 36.2 Å². The van der Waals surface area contributed by atoms with Crippen molar-refractivity contribution >= 4 is 34.1 Å². The first-order chi connectivity index (χ1) is 13.8. The van der Waals surface area contributed by atoms with Gasteiger partial charge in [0.25, 0.3) is 0 Å². The van der Waals surface area contributed by atoms with Crippen molar-refractivity contribution < 1.29 is 8.91 Å². The quantitative estimate of drug-likeness (QED) is 0.525. The molecule has 0 bridgehead atoms. The molecule has 1 aliphatic heterocycles. The van der Waals surface area contributed by atoms with Gasteiger partial charge in [-0.3, -0.25) is 4.40 Å². The lowest BCUT2D eigenvalue weighted by Crippen LogP contribution is -2.33. The van der Waals surface area contributed by atoms with Gasteiger partial charge in [-0.2, -0.15) is 16.7 Å². The molecule has 142 valence electrons. The molecule has 0 spiro atoms. The van der Waals surface area contributed by atoms with Crippen LogP contribution in [-0.4, -0.2) is 49.1 Å². The van der Waals surface area contributed by atoms with Crippen LogP contribution in [0.2, 0.25) is 0 Å². The number of benzene rings is 1. The Kier molecular flexibility index (Phi) is 3.59.